The molecular weight excluding hydrogens is 548 g/mol. The number of aryl methyl sites for hydroxylation is 3. The quantitative estimate of drug-likeness (QED) is 0.294. The molecule has 2 fully saturated rings. The van der Waals surface area contributed by atoms with Crippen molar-refractivity contribution in [1.82, 2.24) is 29.4 Å². The zero-order chi connectivity index (χ0) is 28.3. The summed E-state index contributed by atoms with van der Waals surface area (Å²) in [5.74, 6) is 2.11. The van der Waals surface area contributed by atoms with Gasteiger partial charge >= 0.3 is 0 Å². The Labute approximate surface area is 242 Å². The number of hydrogen-bond donors (Lipinski definition) is 3. The third kappa shape index (κ3) is 6.94. The molecule has 2 aliphatic rings. The van der Waals surface area contributed by atoms with Gasteiger partial charge in [-0.15, -0.1) is 0 Å². The number of anilines is 4. The first kappa shape index (κ1) is 28.8. The number of likely N-dealkylation sites (tertiary alicyclic amines) is 1. The first-order chi connectivity index (χ1) is 19.2. The number of aromatic nitrogens is 4. The first-order valence-corrected chi connectivity index (χ1v) is 16.1. The van der Waals surface area contributed by atoms with Crippen LogP contribution in [0.3, 0.4) is 0 Å². The number of benzene rings is 1. The smallest absolute Gasteiger partial charge is 0.229 e. The van der Waals surface area contributed by atoms with Crippen LogP contribution in [0.15, 0.2) is 24.4 Å². The van der Waals surface area contributed by atoms with Crippen molar-refractivity contribution in [3.05, 3.63) is 51.8 Å². The molecule has 5 rings (SSSR count). The van der Waals surface area contributed by atoms with E-state index in [1.165, 1.54) is 24.0 Å². The third-order valence-electron chi connectivity index (χ3n) is 7.92. The number of rotatable bonds is 10. The molecule has 1 aromatic carbocycles. The highest BCUT2D eigenvalue weighted by atomic mass is 35.5. The molecule has 4 heterocycles. The second-order valence-corrected chi connectivity index (χ2v) is 13.5. The summed E-state index contributed by atoms with van der Waals surface area (Å²) in [5, 5.41) is 13.9. The zero-order valence-electron chi connectivity index (χ0n) is 23.5. The SMILES string of the molecule is Cc1cc(Nc2nc(Nc3cc(C)c(C4CCN(S(=O)(=O)CCCN5CCCC5)CC4)cc3C)ncc2Cl)n[nH]1. The van der Waals surface area contributed by atoms with E-state index in [-0.39, 0.29) is 5.75 Å². The van der Waals surface area contributed by atoms with Crippen molar-refractivity contribution in [1.29, 1.82) is 0 Å². The van der Waals surface area contributed by atoms with Crippen LogP contribution in [0.1, 0.15) is 60.4 Å². The van der Waals surface area contributed by atoms with Gasteiger partial charge in [0.1, 0.15) is 5.02 Å². The maximum absolute atomic E-state index is 13.0. The Hall–Kier alpha value is -2.73. The van der Waals surface area contributed by atoms with Gasteiger partial charge in [-0.25, -0.2) is 17.7 Å². The summed E-state index contributed by atoms with van der Waals surface area (Å²) < 4.78 is 27.6. The lowest BCUT2D eigenvalue weighted by Crippen LogP contribution is -2.39. The summed E-state index contributed by atoms with van der Waals surface area (Å²) in [5.41, 5.74) is 5.37. The molecule has 0 atom stereocenters. The van der Waals surface area contributed by atoms with Crippen molar-refractivity contribution in [3.8, 4) is 0 Å². The monoisotopic (exact) mass is 586 g/mol. The van der Waals surface area contributed by atoms with E-state index in [1.54, 1.807) is 10.5 Å². The Morgan fingerprint density at radius 2 is 1.77 bits per heavy atom. The third-order valence-corrected chi connectivity index (χ3v) is 10.2. The number of piperidine rings is 1. The Kier molecular flexibility index (Phi) is 8.94. The highest BCUT2D eigenvalue weighted by Crippen LogP contribution is 2.35. The average molecular weight is 587 g/mol. The topological polar surface area (TPSA) is 119 Å². The van der Waals surface area contributed by atoms with Crippen LogP contribution >= 0.6 is 11.6 Å². The second-order valence-electron chi connectivity index (χ2n) is 11.0. The number of sulfonamides is 1. The average Bonchev–Trinajstić information content (AvgIpc) is 3.59. The summed E-state index contributed by atoms with van der Waals surface area (Å²) in [6.07, 6.45) is 6.41. The van der Waals surface area contributed by atoms with E-state index in [0.29, 0.717) is 48.0 Å². The van der Waals surface area contributed by atoms with Gasteiger partial charge in [0.2, 0.25) is 16.0 Å². The van der Waals surface area contributed by atoms with Crippen LogP contribution in [0, 0.1) is 20.8 Å². The minimum absolute atomic E-state index is 0.248. The molecule has 0 amide bonds. The molecule has 2 aromatic heterocycles. The summed E-state index contributed by atoms with van der Waals surface area (Å²) in [6.45, 7) is 10.4. The number of nitrogens with one attached hydrogen (secondary N) is 3. The molecule has 216 valence electrons. The molecule has 0 spiro atoms. The number of aromatic amines is 1. The molecule has 0 bridgehead atoms. The van der Waals surface area contributed by atoms with E-state index in [9.17, 15) is 8.42 Å². The Balaban J connectivity index is 1.20. The molecule has 3 aromatic rings. The number of H-pyrrole nitrogens is 1. The Morgan fingerprint density at radius 3 is 2.48 bits per heavy atom. The molecule has 0 aliphatic carbocycles. The predicted octanol–water partition coefficient (Wildman–Crippen LogP) is 5.26. The van der Waals surface area contributed by atoms with Crippen molar-refractivity contribution in [2.24, 2.45) is 0 Å². The molecule has 3 N–H and O–H groups in total. The summed E-state index contributed by atoms with van der Waals surface area (Å²) in [6, 6.07) is 6.20. The molecular formula is C28H39ClN8O2S. The van der Waals surface area contributed by atoms with Gasteiger partial charge in [-0.1, -0.05) is 17.7 Å². The number of nitrogens with zero attached hydrogens (tertiary/aromatic N) is 5. The van der Waals surface area contributed by atoms with E-state index in [1.807, 2.05) is 13.0 Å². The minimum atomic E-state index is -3.20. The van der Waals surface area contributed by atoms with E-state index < -0.39 is 10.0 Å². The maximum Gasteiger partial charge on any atom is 0.229 e. The summed E-state index contributed by atoms with van der Waals surface area (Å²) in [4.78, 5) is 11.3. The molecule has 0 unspecified atom stereocenters. The van der Waals surface area contributed by atoms with Gasteiger partial charge in [-0.3, -0.25) is 5.10 Å². The van der Waals surface area contributed by atoms with Gasteiger partial charge in [-0.05, 0) is 101 Å². The molecule has 12 heteroatoms. The van der Waals surface area contributed by atoms with Gasteiger partial charge in [0.15, 0.2) is 11.6 Å². The van der Waals surface area contributed by atoms with Crippen molar-refractivity contribution >= 4 is 44.9 Å². The first-order valence-electron chi connectivity index (χ1n) is 14.1. The molecule has 2 saturated heterocycles. The lowest BCUT2D eigenvalue weighted by atomic mass is 9.86. The summed E-state index contributed by atoms with van der Waals surface area (Å²) >= 11 is 6.31. The van der Waals surface area contributed by atoms with Crippen molar-refractivity contribution in [3.63, 3.8) is 0 Å². The van der Waals surface area contributed by atoms with Crippen LogP contribution in [0.5, 0.6) is 0 Å². The van der Waals surface area contributed by atoms with Crippen LogP contribution in [-0.4, -0.2) is 76.3 Å². The van der Waals surface area contributed by atoms with Gasteiger partial charge in [0.25, 0.3) is 0 Å². The highest BCUT2D eigenvalue weighted by molar-refractivity contribution is 7.89. The van der Waals surface area contributed by atoms with Crippen molar-refractivity contribution in [2.75, 3.05) is 49.1 Å². The maximum atomic E-state index is 13.0. The van der Waals surface area contributed by atoms with E-state index in [4.69, 9.17) is 11.6 Å². The second kappa shape index (κ2) is 12.4. The lowest BCUT2D eigenvalue weighted by molar-refractivity contribution is 0.314. The molecule has 0 saturated carbocycles. The zero-order valence-corrected chi connectivity index (χ0v) is 25.1. The molecule has 40 heavy (non-hydrogen) atoms. The van der Waals surface area contributed by atoms with E-state index in [2.05, 4.69) is 61.7 Å². The fourth-order valence-electron chi connectivity index (χ4n) is 5.70. The molecule has 10 nitrogen and oxygen atoms in total. The van der Waals surface area contributed by atoms with Crippen LogP contribution in [0.4, 0.5) is 23.3 Å². The molecule has 0 radical (unpaired) electrons. The van der Waals surface area contributed by atoms with Crippen LogP contribution in [0.2, 0.25) is 5.02 Å². The van der Waals surface area contributed by atoms with Crippen LogP contribution < -0.4 is 10.6 Å². The van der Waals surface area contributed by atoms with Gasteiger partial charge in [0, 0.05) is 30.5 Å². The summed E-state index contributed by atoms with van der Waals surface area (Å²) in [7, 11) is -3.20. The van der Waals surface area contributed by atoms with Gasteiger partial charge < -0.3 is 15.5 Å². The largest absolute Gasteiger partial charge is 0.324 e. The van der Waals surface area contributed by atoms with Gasteiger partial charge in [0.05, 0.1) is 11.9 Å². The van der Waals surface area contributed by atoms with Crippen LogP contribution in [-0.2, 0) is 10.0 Å². The minimum Gasteiger partial charge on any atom is -0.324 e. The normalized spacial score (nSPS) is 17.4. The van der Waals surface area contributed by atoms with Crippen molar-refractivity contribution in [2.45, 2.75) is 58.8 Å². The fourth-order valence-corrected chi connectivity index (χ4v) is 7.36. The highest BCUT2D eigenvalue weighted by Gasteiger charge is 2.29. The van der Waals surface area contributed by atoms with E-state index in [0.717, 1.165) is 49.4 Å². The van der Waals surface area contributed by atoms with Gasteiger partial charge in [-0.2, -0.15) is 10.1 Å². The lowest BCUT2D eigenvalue weighted by Gasteiger charge is -2.32. The predicted molar refractivity (Wildman–Crippen MR) is 160 cm³/mol. The number of halogens is 1. The van der Waals surface area contributed by atoms with Crippen LogP contribution in [0.25, 0.3) is 0 Å². The Morgan fingerprint density at radius 1 is 1.02 bits per heavy atom. The van der Waals surface area contributed by atoms with Crippen molar-refractivity contribution < 1.29 is 8.42 Å². The van der Waals surface area contributed by atoms with E-state index >= 15 is 0 Å². The standard InChI is InChI=1S/C28H39ClN8O2S/c1-19-16-25(31-28-30-18-24(29)27(33-28)32-26-17-21(3)34-35-26)20(2)15-23(19)22-7-12-37(13-8-22)40(38,39)14-6-11-36-9-4-5-10-36/h15-18,22H,4-14H2,1-3H3,(H3,30,31,32,33,34,35). The number of hydrogen-bond acceptors (Lipinski definition) is 8. The fraction of sp³-hybridized carbons (Fsp3) is 0.536. The molecule has 2 aliphatic heterocycles. The Bertz CT molecular complexity index is 1430.